The molecule has 9 rings (SSSR count). The van der Waals surface area contributed by atoms with Crippen LogP contribution in [0.1, 0.15) is 44.6 Å². The summed E-state index contributed by atoms with van der Waals surface area (Å²) in [7, 11) is 0. The number of ether oxygens (including phenoxy) is 2. The van der Waals surface area contributed by atoms with E-state index in [1.54, 1.807) is 24.3 Å². The summed E-state index contributed by atoms with van der Waals surface area (Å²) in [5.74, 6) is 1.54. The van der Waals surface area contributed by atoms with Crippen LogP contribution in [0.2, 0.25) is 0 Å². The molecule has 6 heterocycles. The van der Waals surface area contributed by atoms with Crippen molar-refractivity contribution in [3.63, 3.8) is 0 Å². The van der Waals surface area contributed by atoms with Gasteiger partial charge in [-0.25, -0.2) is 18.6 Å². The molecule has 5 aliphatic rings. The van der Waals surface area contributed by atoms with E-state index in [0.717, 1.165) is 32.4 Å². The monoisotopic (exact) mass is 682 g/mol. The highest BCUT2D eigenvalue weighted by atomic mass is 19.1. The van der Waals surface area contributed by atoms with E-state index in [2.05, 4.69) is 15.8 Å². The maximum atomic E-state index is 17.2. The second-order valence-electron chi connectivity index (χ2n) is 14.5. The SMILES string of the molecule is C#Cc1c(F)ccc2cccc(-c3nc4c5c(nc(OCC6(CN7CCC(O)C7)CC6)nc5c3F)N3CC5CCC(C3C(C)O4)N5C(=O)O)c12. The van der Waals surface area contributed by atoms with E-state index < -0.39 is 29.9 Å². The van der Waals surface area contributed by atoms with Gasteiger partial charge in [0.05, 0.1) is 36.4 Å². The van der Waals surface area contributed by atoms with Gasteiger partial charge in [-0.15, -0.1) is 6.42 Å². The van der Waals surface area contributed by atoms with Gasteiger partial charge in [-0.3, -0.25) is 9.80 Å². The van der Waals surface area contributed by atoms with Crippen molar-refractivity contribution < 1.29 is 33.3 Å². The number of aromatic nitrogens is 3. The zero-order chi connectivity index (χ0) is 34.5. The summed E-state index contributed by atoms with van der Waals surface area (Å²) in [5.41, 5.74) is -0.00693. The van der Waals surface area contributed by atoms with Crippen molar-refractivity contribution in [1.82, 2.24) is 24.8 Å². The van der Waals surface area contributed by atoms with E-state index in [-0.39, 0.29) is 63.2 Å². The van der Waals surface area contributed by atoms with Gasteiger partial charge in [-0.1, -0.05) is 30.2 Å². The predicted octanol–water partition coefficient (Wildman–Crippen LogP) is 4.81. The third-order valence-corrected chi connectivity index (χ3v) is 11.4. The van der Waals surface area contributed by atoms with Gasteiger partial charge in [0, 0.05) is 42.5 Å². The number of pyridine rings is 1. The van der Waals surface area contributed by atoms with Gasteiger partial charge in [-0.05, 0) is 50.5 Å². The Kier molecular flexibility index (Phi) is 7.09. The molecule has 11 nitrogen and oxygen atoms in total. The molecule has 1 aliphatic carbocycles. The zero-order valence-corrected chi connectivity index (χ0v) is 27.5. The van der Waals surface area contributed by atoms with E-state index in [9.17, 15) is 15.0 Å². The van der Waals surface area contributed by atoms with Crippen molar-refractivity contribution in [3.05, 3.63) is 47.5 Å². The molecular weight excluding hydrogens is 646 g/mol. The fraction of sp³-hybridized carbons (Fsp3) is 0.459. The number of carbonyl (C=O) groups is 1. The molecule has 2 N–H and O–H groups in total. The lowest BCUT2D eigenvalue weighted by Gasteiger charge is -2.47. The number of likely N-dealkylation sites (tertiary alicyclic amines) is 1. The van der Waals surface area contributed by atoms with Crippen LogP contribution in [0.5, 0.6) is 11.9 Å². The number of rotatable bonds is 6. The van der Waals surface area contributed by atoms with Crippen LogP contribution in [0.3, 0.4) is 0 Å². The second-order valence-corrected chi connectivity index (χ2v) is 14.5. The van der Waals surface area contributed by atoms with Gasteiger partial charge < -0.3 is 24.6 Å². The Morgan fingerprint density at radius 2 is 1.96 bits per heavy atom. The van der Waals surface area contributed by atoms with Gasteiger partial charge in [0.1, 0.15) is 34.3 Å². The fourth-order valence-corrected chi connectivity index (χ4v) is 8.83. The summed E-state index contributed by atoms with van der Waals surface area (Å²) in [4.78, 5) is 32.5. The number of nitrogens with zero attached hydrogens (tertiary/aromatic N) is 6. The first kappa shape index (κ1) is 31.2. The summed E-state index contributed by atoms with van der Waals surface area (Å²) < 4.78 is 45.0. The van der Waals surface area contributed by atoms with Gasteiger partial charge in [0.25, 0.3) is 0 Å². The Morgan fingerprint density at radius 3 is 2.70 bits per heavy atom. The highest BCUT2D eigenvalue weighted by Crippen LogP contribution is 2.49. The number of hydrogen-bond donors (Lipinski definition) is 2. The van der Waals surface area contributed by atoms with Crippen LogP contribution in [0, 0.1) is 29.4 Å². The Hall–Kier alpha value is -4.80. The molecule has 3 saturated heterocycles. The van der Waals surface area contributed by atoms with Crippen molar-refractivity contribution in [2.24, 2.45) is 5.41 Å². The number of piperazine rings is 1. The third kappa shape index (κ3) is 4.83. The number of anilines is 1. The lowest BCUT2D eigenvalue weighted by Crippen LogP contribution is -2.64. The predicted molar refractivity (Wildman–Crippen MR) is 180 cm³/mol. The highest BCUT2D eigenvalue weighted by Gasteiger charge is 2.53. The average Bonchev–Trinajstić information content (AvgIpc) is 3.66. The number of β-amino-alcohol motifs (C(OH)–C–C–N with tert-alkyl or cyclic N) is 1. The lowest BCUT2D eigenvalue weighted by molar-refractivity contribution is 0.0706. The fourth-order valence-electron chi connectivity index (χ4n) is 8.83. The normalized spacial score (nSPS) is 26.4. The minimum Gasteiger partial charge on any atom is -0.472 e. The molecule has 5 atom stereocenters. The quantitative estimate of drug-likeness (QED) is 0.274. The molecule has 13 heteroatoms. The largest absolute Gasteiger partial charge is 0.472 e. The van der Waals surface area contributed by atoms with Crippen molar-refractivity contribution >= 4 is 33.6 Å². The number of halogens is 2. The first-order valence-electron chi connectivity index (χ1n) is 17.2. The third-order valence-electron chi connectivity index (χ3n) is 11.4. The van der Waals surface area contributed by atoms with Gasteiger partial charge in [0.15, 0.2) is 5.82 Å². The Balaban J connectivity index is 1.20. The molecule has 0 radical (unpaired) electrons. The summed E-state index contributed by atoms with van der Waals surface area (Å²) >= 11 is 0. The summed E-state index contributed by atoms with van der Waals surface area (Å²) in [6.45, 7) is 4.75. The standard InChI is InChI=1S/C37H36F2N6O5/c1-3-23-25(38)9-7-20-5-4-6-24(27(20)23)30-29(39)31-28-33(42-35(41-31)49-18-37(12-13-37)17-43-14-11-22(46)16-43)44-15-21-8-10-26(45(21)36(47)48)32(44)19(2)50-34(28)40-30/h1,4-7,9,19,21-22,26,32,46H,8,10-18H2,2H3,(H,47,48). The maximum absolute atomic E-state index is 17.2. The van der Waals surface area contributed by atoms with Crippen LogP contribution < -0.4 is 14.4 Å². The Labute approximate surface area is 286 Å². The molecule has 1 saturated carbocycles. The van der Waals surface area contributed by atoms with E-state index in [1.165, 1.54) is 11.0 Å². The number of aliphatic hydroxyl groups is 1. The molecular formula is C37H36F2N6O5. The molecule has 1 amide bonds. The molecule has 5 unspecified atom stereocenters. The minimum absolute atomic E-state index is 0.00294. The molecule has 2 aromatic carbocycles. The van der Waals surface area contributed by atoms with Crippen LogP contribution in [0.15, 0.2) is 30.3 Å². The van der Waals surface area contributed by atoms with Gasteiger partial charge >= 0.3 is 12.1 Å². The number of hydrogen-bond acceptors (Lipinski definition) is 9. The molecule has 4 aromatic rings. The number of terminal acetylenes is 1. The van der Waals surface area contributed by atoms with E-state index in [0.29, 0.717) is 49.1 Å². The molecule has 4 aliphatic heterocycles. The Morgan fingerprint density at radius 1 is 1.12 bits per heavy atom. The molecule has 50 heavy (non-hydrogen) atoms. The maximum Gasteiger partial charge on any atom is 0.407 e. The van der Waals surface area contributed by atoms with Crippen LogP contribution in [-0.2, 0) is 0 Å². The summed E-state index contributed by atoms with van der Waals surface area (Å²) in [6.07, 6.45) is 7.89. The summed E-state index contributed by atoms with van der Waals surface area (Å²) in [6, 6.07) is 6.94. The van der Waals surface area contributed by atoms with Gasteiger partial charge in [0.2, 0.25) is 5.88 Å². The molecule has 4 fully saturated rings. The number of benzene rings is 2. The van der Waals surface area contributed by atoms with Crippen molar-refractivity contribution in [2.75, 3.05) is 37.7 Å². The van der Waals surface area contributed by atoms with Crippen LogP contribution in [0.25, 0.3) is 32.9 Å². The number of amides is 1. The number of aliphatic hydroxyl groups excluding tert-OH is 1. The zero-order valence-electron chi connectivity index (χ0n) is 27.5. The molecule has 258 valence electrons. The number of carboxylic acid groups (broad SMARTS) is 1. The van der Waals surface area contributed by atoms with E-state index in [4.69, 9.17) is 25.9 Å². The first-order chi connectivity index (χ1) is 24.1. The van der Waals surface area contributed by atoms with Crippen molar-refractivity contribution in [2.45, 2.75) is 69.4 Å². The minimum atomic E-state index is -0.984. The van der Waals surface area contributed by atoms with E-state index in [1.807, 2.05) is 11.8 Å². The highest BCUT2D eigenvalue weighted by molar-refractivity contribution is 6.03. The summed E-state index contributed by atoms with van der Waals surface area (Å²) in [5, 5.41) is 21.4. The van der Waals surface area contributed by atoms with Crippen LogP contribution >= 0.6 is 0 Å². The Bertz CT molecular complexity index is 2120. The van der Waals surface area contributed by atoms with Crippen LogP contribution in [-0.4, -0.2) is 104 Å². The average molecular weight is 683 g/mol. The number of fused-ring (bicyclic) bond motifs is 6. The lowest BCUT2D eigenvalue weighted by atomic mass is 9.96. The topological polar surface area (TPSA) is 124 Å². The molecule has 2 bridgehead atoms. The molecule has 2 aromatic heterocycles. The smallest absolute Gasteiger partial charge is 0.407 e. The van der Waals surface area contributed by atoms with Crippen molar-refractivity contribution in [3.8, 4) is 35.5 Å². The van der Waals surface area contributed by atoms with Crippen molar-refractivity contribution in [1.29, 1.82) is 0 Å². The molecule has 0 spiro atoms. The van der Waals surface area contributed by atoms with Gasteiger partial charge in [-0.2, -0.15) is 9.97 Å². The van der Waals surface area contributed by atoms with Crippen LogP contribution in [0.4, 0.5) is 19.4 Å². The van der Waals surface area contributed by atoms with E-state index >= 15 is 8.78 Å². The first-order valence-corrected chi connectivity index (χ1v) is 17.2. The second kappa shape index (κ2) is 11.4.